The van der Waals surface area contributed by atoms with E-state index in [-0.39, 0.29) is 5.91 Å². The molecule has 21 heavy (non-hydrogen) atoms. The molecule has 4 N–H and O–H groups in total. The van der Waals surface area contributed by atoms with Gasteiger partial charge in [0, 0.05) is 17.8 Å². The lowest BCUT2D eigenvalue weighted by Crippen LogP contribution is -2.33. The minimum absolute atomic E-state index is 0.288. The predicted octanol–water partition coefficient (Wildman–Crippen LogP) is 2.44. The summed E-state index contributed by atoms with van der Waals surface area (Å²) in [6, 6.07) is 9.03. The monoisotopic (exact) mass is 289 g/mol. The highest BCUT2D eigenvalue weighted by Gasteiger charge is 2.14. The molecule has 1 amide bonds. The van der Waals surface area contributed by atoms with E-state index < -0.39 is 0 Å². The zero-order valence-electron chi connectivity index (χ0n) is 12.9. The quantitative estimate of drug-likeness (QED) is 0.753. The molecule has 0 saturated carbocycles. The molecular weight excluding hydrogens is 262 g/mol. The van der Waals surface area contributed by atoms with Crippen molar-refractivity contribution in [3.8, 4) is 0 Å². The van der Waals surface area contributed by atoms with Gasteiger partial charge in [-0.3, -0.25) is 4.79 Å². The number of primary amides is 1. The standard InChI is InChI=1S/C17H27N3O/c1-13(11-16-5-3-2-4-10-19-16)20-15-8-6-14(7-9-15)12-17(18)21/h6-9,13,16,19-20H,2-5,10-12H2,1H3,(H2,18,21). The first-order chi connectivity index (χ1) is 10.1. The van der Waals surface area contributed by atoms with Crippen LogP contribution in [0.2, 0.25) is 0 Å². The van der Waals surface area contributed by atoms with E-state index in [2.05, 4.69) is 17.6 Å². The van der Waals surface area contributed by atoms with E-state index in [0.717, 1.165) is 24.2 Å². The molecular formula is C17H27N3O. The molecule has 0 bridgehead atoms. The van der Waals surface area contributed by atoms with Crippen molar-refractivity contribution in [2.45, 2.75) is 57.5 Å². The number of carbonyl (C=O) groups is 1. The van der Waals surface area contributed by atoms with Crippen LogP contribution in [0.25, 0.3) is 0 Å². The van der Waals surface area contributed by atoms with Crippen molar-refractivity contribution in [3.63, 3.8) is 0 Å². The molecule has 0 aliphatic carbocycles. The van der Waals surface area contributed by atoms with Gasteiger partial charge in [-0.05, 0) is 50.4 Å². The predicted molar refractivity (Wildman–Crippen MR) is 87.3 cm³/mol. The average molecular weight is 289 g/mol. The Bertz CT molecular complexity index is 436. The maximum absolute atomic E-state index is 10.9. The Labute approximate surface area is 127 Å². The third-order valence-electron chi connectivity index (χ3n) is 4.05. The molecule has 1 aliphatic rings. The maximum Gasteiger partial charge on any atom is 0.221 e. The Morgan fingerprint density at radius 2 is 2.10 bits per heavy atom. The van der Waals surface area contributed by atoms with E-state index in [9.17, 15) is 4.79 Å². The molecule has 2 rings (SSSR count). The number of anilines is 1. The Morgan fingerprint density at radius 3 is 2.81 bits per heavy atom. The van der Waals surface area contributed by atoms with Crippen molar-refractivity contribution in [3.05, 3.63) is 29.8 Å². The summed E-state index contributed by atoms with van der Waals surface area (Å²) in [6.07, 6.45) is 6.73. The van der Waals surface area contributed by atoms with Crippen LogP contribution in [0.3, 0.4) is 0 Å². The lowest BCUT2D eigenvalue weighted by atomic mass is 10.0. The van der Waals surface area contributed by atoms with Gasteiger partial charge in [0.2, 0.25) is 5.91 Å². The number of nitrogens with two attached hydrogens (primary N) is 1. The molecule has 2 atom stereocenters. The van der Waals surface area contributed by atoms with Crippen molar-refractivity contribution < 1.29 is 4.79 Å². The van der Waals surface area contributed by atoms with Crippen LogP contribution in [-0.4, -0.2) is 24.5 Å². The number of nitrogens with one attached hydrogen (secondary N) is 2. The fourth-order valence-corrected chi connectivity index (χ4v) is 2.99. The zero-order valence-corrected chi connectivity index (χ0v) is 12.9. The van der Waals surface area contributed by atoms with Crippen molar-refractivity contribution in [1.29, 1.82) is 0 Å². The molecule has 1 saturated heterocycles. The van der Waals surface area contributed by atoms with Crippen LogP contribution in [0, 0.1) is 0 Å². The van der Waals surface area contributed by atoms with Crippen LogP contribution in [0.1, 0.15) is 44.6 Å². The molecule has 4 heteroatoms. The van der Waals surface area contributed by atoms with Crippen LogP contribution >= 0.6 is 0 Å². The normalized spacial score (nSPS) is 20.5. The summed E-state index contributed by atoms with van der Waals surface area (Å²) in [5, 5.41) is 7.17. The topological polar surface area (TPSA) is 67.2 Å². The van der Waals surface area contributed by atoms with Crippen LogP contribution in [0.4, 0.5) is 5.69 Å². The summed E-state index contributed by atoms with van der Waals surface area (Å²) in [5.41, 5.74) is 7.26. The summed E-state index contributed by atoms with van der Waals surface area (Å²) in [5.74, 6) is -0.288. The van der Waals surface area contributed by atoms with Crippen LogP contribution in [0.15, 0.2) is 24.3 Å². The Morgan fingerprint density at radius 1 is 1.33 bits per heavy atom. The van der Waals surface area contributed by atoms with Crippen molar-refractivity contribution in [1.82, 2.24) is 5.32 Å². The molecule has 1 aliphatic heterocycles. The van der Waals surface area contributed by atoms with E-state index >= 15 is 0 Å². The van der Waals surface area contributed by atoms with Gasteiger partial charge in [0.05, 0.1) is 6.42 Å². The summed E-state index contributed by atoms with van der Waals surface area (Å²) in [4.78, 5) is 10.9. The van der Waals surface area contributed by atoms with E-state index in [1.54, 1.807) is 0 Å². The lowest BCUT2D eigenvalue weighted by Gasteiger charge is -2.22. The highest BCUT2D eigenvalue weighted by molar-refractivity contribution is 5.76. The summed E-state index contributed by atoms with van der Waals surface area (Å²) >= 11 is 0. The summed E-state index contributed by atoms with van der Waals surface area (Å²) in [6.45, 7) is 3.38. The SMILES string of the molecule is CC(CC1CCCCCN1)Nc1ccc(CC(N)=O)cc1. The minimum Gasteiger partial charge on any atom is -0.383 e. The first-order valence-electron chi connectivity index (χ1n) is 8.00. The molecule has 1 fully saturated rings. The minimum atomic E-state index is -0.288. The van der Waals surface area contributed by atoms with Gasteiger partial charge < -0.3 is 16.4 Å². The van der Waals surface area contributed by atoms with Crippen LogP contribution in [0.5, 0.6) is 0 Å². The van der Waals surface area contributed by atoms with Gasteiger partial charge in [0.15, 0.2) is 0 Å². The van der Waals surface area contributed by atoms with Gasteiger partial charge in [0.1, 0.15) is 0 Å². The summed E-state index contributed by atoms with van der Waals surface area (Å²) < 4.78 is 0. The van der Waals surface area contributed by atoms with Gasteiger partial charge in [-0.2, -0.15) is 0 Å². The molecule has 1 aromatic carbocycles. The molecule has 4 nitrogen and oxygen atoms in total. The van der Waals surface area contributed by atoms with Crippen molar-refractivity contribution >= 4 is 11.6 Å². The highest BCUT2D eigenvalue weighted by Crippen LogP contribution is 2.16. The molecule has 116 valence electrons. The van der Waals surface area contributed by atoms with Gasteiger partial charge in [-0.15, -0.1) is 0 Å². The average Bonchev–Trinajstić information content (AvgIpc) is 2.69. The van der Waals surface area contributed by atoms with E-state index in [0.29, 0.717) is 18.5 Å². The lowest BCUT2D eigenvalue weighted by molar-refractivity contribution is -0.117. The van der Waals surface area contributed by atoms with Gasteiger partial charge in [0.25, 0.3) is 0 Å². The molecule has 2 unspecified atom stereocenters. The maximum atomic E-state index is 10.9. The van der Waals surface area contributed by atoms with Crippen LogP contribution in [-0.2, 0) is 11.2 Å². The zero-order chi connectivity index (χ0) is 15.1. The smallest absolute Gasteiger partial charge is 0.221 e. The van der Waals surface area contributed by atoms with Gasteiger partial charge in [-0.25, -0.2) is 0 Å². The molecule has 1 heterocycles. The number of hydrogen-bond acceptors (Lipinski definition) is 3. The molecule has 0 aromatic heterocycles. The Hall–Kier alpha value is -1.55. The number of carbonyl (C=O) groups excluding carboxylic acids is 1. The Kier molecular flexibility index (Phi) is 6.05. The fourth-order valence-electron chi connectivity index (χ4n) is 2.99. The largest absolute Gasteiger partial charge is 0.383 e. The van der Waals surface area contributed by atoms with E-state index in [4.69, 9.17) is 5.73 Å². The third-order valence-corrected chi connectivity index (χ3v) is 4.05. The van der Waals surface area contributed by atoms with E-state index in [1.807, 2.05) is 24.3 Å². The third kappa shape index (κ3) is 5.76. The second-order valence-corrected chi connectivity index (χ2v) is 6.12. The molecule has 0 radical (unpaired) electrons. The van der Waals surface area contributed by atoms with E-state index in [1.165, 1.54) is 25.7 Å². The second-order valence-electron chi connectivity index (χ2n) is 6.12. The second kappa shape index (κ2) is 8.03. The van der Waals surface area contributed by atoms with Crippen molar-refractivity contribution in [2.24, 2.45) is 5.73 Å². The fraction of sp³-hybridized carbons (Fsp3) is 0.588. The van der Waals surface area contributed by atoms with Crippen molar-refractivity contribution in [2.75, 3.05) is 11.9 Å². The number of benzene rings is 1. The first-order valence-corrected chi connectivity index (χ1v) is 8.00. The van der Waals surface area contributed by atoms with Gasteiger partial charge in [-0.1, -0.05) is 25.0 Å². The molecule has 0 spiro atoms. The number of amides is 1. The van der Waals surface area contributed by atoms with Gasteiger partial charge >= 0.3 is 0 Å². The highest BCUT2D eigenvalue weighted by atomic mass is 16.1. The van der Waals surface area contributed by atoms with Crippen LogP contribution < -0.4 is 16.4 Å². The first kappa shape index (κ1) is 15.8. The summed E-state index contributed by atoms with van der Waals surface area (Å²) in [7, 11) is 0. The number of rotatable bonds is 6. The molecule has 1 aromatic rings. The Balaban J connectivity index is 1.81. The number of hydrogen-bond donors (Lipinski definition) is 3.